The summed E-state index contributed by atoms with van der Waals surface area (Å²) in [6.45, 7) is 9.07. The van der Waals surface area contributed by atoms with Crippen LogP contribution in [0.4, 0.5) is 0 Å². The van der Waals surface area contributed by atoms with Crippen LogP contribution in [0.3, 0.4) is 0 Å². The van der Waals surface area contributed by atoms with E-state index in [1.807, 2.05) is 20.8 Å². The molecule has 0 aliphatic carbocycles. The molecule has 2 unspecified atom stereocenters. The Kier molecular flexibility index (Phi) is 6.72. The number of carbonyl (C=O) groups excluding carboxylic acids is 1. The highest BCUT2D eigenvalue weighted by Gasteiger charge is 2.20. The second kappa shape index (κ2) is 7.24. The van der Waals surface area contributed by atoms with Gasteiger partial charge >= 0.3 is 0 Å². The van der Waals surface area contributed by atoms with Gasteiger partial charge < -0.3 is 4.90 Å². The van der Waals surface area contributed by atoms with Crippen molar-refractivity contribution in [3.05, 3.63) is 0 Å². The zero-order valence-corrected chi connectivity index (χ0v) is 10.1. The van der Waals surface area contributed by atoms with Crippen LogP contribution in [0.15, 0.2) is 0 Å². The molecule has 0 aliphatic rings. The van der Waals surface area contributed by atoms with Gasteiger partial charge in [0.05, 0.1) is 18.2 Å². The van der Waals surface area contributed by atoms with E-state index in [1.54, 1.807) is 11.8 Å². The maximum atomic E-state index is 11.8. The molecular formula is C11H21N3O. The molecule has 2 atom stereocenters. The topological polar surface area (TPSA) is 56.1 Å². The average molecular weight is 211 g/mol. The maximum Gasteiger partial charge on any atom is 0.239 e. The Morgan fingerprint density at radius 3 is 2.27 bits per heavy atom. The number of nitriles is 1. The van der Waals surface area contributed by atoms with Gasteiger partial charge in [-0.3, -0.25) is 10.1 Å². The van der Waals surface area contributed by atoms with Crippen molar-refractivity contribution >= 4 is 5.91 Å². The van der Waals surface area contributed by atoms with Crippen LogP contribution < -0.4 is 5.32 Å². The number of carbonyl (C=O) groups is 1. The molecule has 86 valence electrons. The Hall–Kier alpha value is -1.08. The Bertz CT molecular complexity index is 230. The minimum atomic E-state index is -0.283. The van der Waals surface area contributed by atoms with Crippen LogP contribution in [-0.2, 0) is 4.79 Å². The molecule has 0 bridgehead atoms. The van der Waals surface area contributed by atoms with Crippen LogP contribution in [0, 0.1) is 11.3 Å². The third-order valence-corrected chi connectivity index (χ3v) is 2.46. The molecule has 1 N–H and O–H groups in total. The number of likely N-dealkylation sites (N-methyl/N-ethyl adjacent to an activating group) is 1. The third-order valence-electron chi connectivity index (χ3n) is 2.46. The van der Waals surface area contributed by atoms with E-state index >= 15 is 0 Å². The van der Waals surface area contributed by atoms with E-state index in [1.165, 1.54) is 0 Å². The van der Waals surface area contributed by atoms with Crippen LogP contribution in [-0.4, -0.2) is 36.0 Å². The van der Waals surface area contributed by atoms with E-state index in [-0.39, 0.29) is 18.0 Å². The normalized spacial score (nSPS) is 14.1. The Morgan fingerprint density at radius 1 is 1.40 bits per heavy atom. The molecule has 0 saturated heterocycles. The van der Waals surface area contributed by atoms with Crippen molar-refractivity contribution in [1.82, 2.24) is 10.2 Å². The van der Waals surface area contributed by atoms with E-state index < -0.39 is 0 Å². The maximum absolute atomic E-state index is 11.8. The predicted molar refractivity (Wildman–Crippen MR) is 60.2 cm³/mol. The lowest BCUT2D eigenvalue weighted by Crippen LogP contribution is -2.47. The molecule has 4 nitrogen and oxygen atoms in total. The fraction of sp³-hybridized carbons (Fsp3) is 0.818. The minimum absolute atomic E-state index is 0.0636. The lowest BCUT2D eigenvalue weighted by atomic mass is 10.2. The summed E-state index contributed by atoms with van der Waals surface area (Å²) in [5, 5.41) is 11.8. The van der Waals surface area contributed by atoms with Gasteiger partial charge in [0.2, 0.25) is 5.91 Å². The summed E-state index contributed by atoms with van der Waals surface area (Å²) in [6, 6.07) is 1.61. The minimum Gasteiger partial charge on any atom is -0.342 e. The largest absolute Gasteiger partial charge is 0.342 e. The second-order valence-corrected chi connectivity index (χ2v) is 3.49. The van der Waals surface area contributed by atoms with E-state index in [0.717, 1.165) is 0 Å². The molecular weight excluding hydrogens is 190 g/mol. The fourth-order valence-electron chi connectivity index (χ4n) is 1.43. The molecule has 0 aliphatic heterocycles. The molecule has 0 heterocycles. The van der Waals surface area contributed by atoms with Crippen LogP contribution in [0.25, 0.3) is 0 Å². The highest BCUT2D eigenvalue weighted by Crippen LogP contribution is 1.98. The Labute approximate surface area is 92.3 Å². The zero-order chi connectivity index (χ0) is 11.8. The van der Waals surface area contributed by atoms with Gasteiger partial charge in [0.1, 0.15) is 0 Å². The first-order valence-electron chi connectivity index (χ1n) is 5.55. The van der Waals surface area contributed by atoms with Crippen molar-refractivity contribution in [2.45, 2.75) is 46.2 Å². The summed E-state index contributed by atoms with van der Waals surface area (Å²) in [5.41, 5.74) is 0. The number of hydrogen-bond acceptors (Lipinski definition) is 3. The van der Waals surface area contributed by atoms with Crippen molar-refractivity contribution in [3.63, 3.8) is 0 Å². The molecule has 0 saturated carbocycles. The van der Waals surface area contributed by atoms with E-state index in [4.69, 9.17) is 5.26 Å². The Balaban J connectivity index is 4.26. The summed E-state index contributed by atoms with van der Waals surface area (Å²) in [4.78, 5) is 13.6. The molecule has 1 amide bonds. The number of hydrogen-bond donors (Lipinski definition) is 1. The summed E-state index contributed by atoms with van der Waals surface area (Å²) in [7, 11) is 0. The van der Waals surface area contributed by atoms with Gasteiger partial charge in [0, 0.05) is 13.1 Å². The molecule has 0 aromatic rings. The van der Waals surface area contributed by atoms with Gasteiger partial charge in [-0.1, -0.05) is 6.92 Å². The average Bonchev–Trinajstić information content (AvgIpc) is 2.26. The highest BCUT2D eigenvalue weighted by atomic mass is 16.2. The summed E-state index contributed by atoms with van der Waals surface area (Å²) >= 11 is 0. The smallest absolute Gasteiger partial charge is 0.239 e. The first-order chi connectivity index (χ1) is 7.10. The van der Waals surface area contributed by atoms with Crippen LogP contribution in [0.1, 0.15) is 34.1 Å². The van der Waals surface area contributed by atoms with E-state index in [2.05, 4.69) is 11.4 Å². The second-order valence-electron chi connectivity index (χ2n) is 3.49. The van der Waals surface area contributed by atoms with Crippen molar-refractivity contribution in [2.75, 3.05) is 13.1 Å². The number of nitrogens with zero attached hydrogens (tertiary/aromatic N) is 2. The number of nitrogens with one attached hydrogen (secondary N) is 1. The van der Waals surface area contributed by atoms with Crippen molar-refractivity contribution in [3.8, 4) is 6.07 Å². The zero-order valence-electron chi connectivity index (χ0n) is 10.1. The van der Waals surface area contributed by atoms with Gasteiger partial charge in [0.25, 0.3) is 0 Å². The Morgan fingerprint density at radius 2 is 1.93 bits per heavy atom. The van der Waals surface area contributed by atoms with Gasteiger partial charge in [-0.15, -0.1) is 0 Å². The molecule has 0 rings (SSSR count). The van der Waals surface area contributed by atoms with Crippen LogP contribution >= 0.6 is 0 Å². The molecule has 4 heteroatoms. The van der Waals surface area contributed by atoms with Crippen molar-refractivity contribution in [2.24, 2.45) is 0 Å². The van der Waals surface area contributed by atoms with E-state index in [0.29, 0.717) is 19.5 Å². The monoisotopic (exact) mass is 211 g/mol. The summed E-state index contributed by atoms with van der Waals surface area (Å²) in [6.07, 6.45) is 0.715. The lowest BCUT2D eigenvalue weighted by molar-refractivity contribution is -0.132. The van der Waals surface area contributed by atoms with Crippen LogP contribution in [0.5, 0.6) is 0 Å². The highest BCUT2D eigenvalue weighted by molar-refractivity contribution is 5.81. The molecule has 0 radical (unpaired) electrons. The van der Waals surface area contributed by atoms with Gasteiger partial charge in [0.15, 0.2) is 0 Å². The summed E-state index contributed by atoms with van der Waals surface area (Å²) in [5.74, 6) is 0.0636. The first-order valence-corrected chi connectivity index (χ1v) is 5.55. The number of rotatable bonds is 6. The van der Waals surface area contributed by atoms with E-state index in [9.17, 15) is 4.79 Å². The summed E-state index contributed by atoms with van der Waals surface area (Å²) < 4.78 is 0. The first kappa shape index (κ1) is 13.9. The van der Waals surface area contributed by atoms with Gasteiger partial charge in [-0.2, -0.15) is 5.26 Å². The fourth-order valence-corrected chi connectivity index (χ4v) is 1.43. The predicted octanol–water partition coefficient (Wildman–Crippen LogP) is 1.14. The quantitative estimate of drug-likeness (QED) is 0.716. The van der Waals surface area contributed by atoms with Gasteiger partial charge in [-0.05, 0) is 27.2 Å². The lowest BCUT2D eigenvalue weighted by Gasteiger charge is -2.24. The number of amides is 1. The van der Waals surface area contributed by atoms with Gasteiger partial charge in [-0.25, -0.2) is 0 Å². The SMILES string of the molecule is CCC(C#N)NC(C)C(=O)N(CC)CC. The molecule has 15 heavy (non-hydrogen) atoms. The molecule has 0 fully saturated rings. The van der Waals surface area contributed by atoms with Crippen molar-refractivity contribution < 1.29 is 4.79 Å². The van der Waals surface area contributed by atoms with Crippen molar-refractivity contribution in [1.29, 1.82) is 5.26 Å². The molecule has 0 aromatic heterocycles. The standard InChI is InChI=1S/C11H21N3O/c1-5-10(8-12)13-9(4)11(15)14(6-2)7-3/h9-10,13H,5-7H2,1-4H3. The van der Waals surface area contributed by atoms with Crippen LogP contribution in [0.2, 0.25) is 0 Å². The molecule has 0 spiro atoms. The third kappa shape index (κ3) is 4.30. The molecule has 0 aromatic carbocycles.